The number of hydrogen-bond acceptors (Lipinski definition) is 4. The molecule has 0 aliphatic heterocycles. The van der Waals surface area contributed by atoms with Gasteiger partial charge in [0, 0.05) is 16.8 Å². The van der Waals surface area contributed by atoms with Crippen molar-refractivity contribution in [1.82, 2.24) is 4.98 Å². The summed E-state index contributed by atoms with van der Waals surface area (Å²) >= 11 is 0. The van der Waals surface area contributed by atoms with E-state index in [-0.39, 0.29) is 5.56 Å². The second-order valence-electron chi connectivity index (χ2n) is 6.39. The van der Waals surface area contributed by atoms with Crippen LogP contribution >= 0.6 is 0 Å². The molecule has 1 aromatic heterocycles. The number of benzene rings is 2. The third-order valence-corrected chi connectivity index (χ3v) is 4.51. The molecule has 3 rings (SSSR count). The number of nitrogens with one attached hydrogen (secondary N) is 1. The zero-order valence-electron chi connectivity index (χ0n) is 14.5. The predicted molar refractivity (Wildman–Crippen MR) is 97.4 cm³/mol. The normalized spacial score (nSPS) is 15.3. The van der Waals surface area contributed by atoms with Gasteiger partial charge in [-0.2, -0.15) is 13.2 Å². The van der Waals surface area contributed by atoms with Crippen LogP contribution in [0.2, 0.25) is 0 Å². The Hall–Kier alpha value is -2.64. The number of aliphatic hydroxyl groups excluding tert-OH is 1. The predicted octanol–water partition coefficient (Wildman–Crippen LogP) is 3.98. The van der Waals surface area contributed by atoms with E-state index in [1.807, 2.05) is 6.92 Å². The number of anilines is 1. The van der Waals surface area contributed by atoms with E-state index in [0.717, 1.165) is 5.69 Å². The number of aromatic nitrogens is 1. The van der Waals surface area contributed by atoms with E-state index in [0.29, 0.717) is 16.6 Å². The lowest BCUT2D eigenvalue weighted by atomic mass is 9.88. The van der Waals surface area contributed by atoms with E-state index < -0.39 is 24.4 Å². The molecule has 142 valence electrons. The highest BCUT2D eigenvalue weighted by Gasteiger charge is 2.59. The molecule has 3 N–H and O–H groups in total. The number of rotatable bonds is 5. The van der Waals surface area contributed by atoms with Gasteiger partial charge in [-0.1, -0.05) is 36.4 Å². The van der Waals surface area contributed by atoms with Crippen molar-refractivity contribution in [1.29, 1.82) is 0 Å². The van der Waals surface area contributed by atoms with Gasteiger partial charge in [0.1, 0.15) is 0 Å². The molecular weight excluding hydrogens is 357 g/mol. The first kappa shape index (κ1) is 19.1. The second-order valence-corrected chi connectivity index (χ2v) is 6.39. The summed E-state index contributed by atoms with van der Waals surface area (Å²) in [5.41, 5.74) is -1.39. The molecule has 0 radical (unpaired) electrons. The van der Waals surface area contributed by atoms with Crippen LogP contribution in [0.1, 0.15) is 17.3 Å². The van der Waals surface area contributed by atoms with Gasteiger partial charge in [0.05, 0.1) is 18.2 Å². The first-order valence-electron chi connectivity index (χ1n) is 8.34. The minimum atomic E-state index is -5.05. The van der Waals surface area contributed by atoms with Crippen molar-refractivity contribution in [2.45, 2.75) is 24.7 Å². The van der Waals surface area contributed by atoms with Crippen molar-refractivity contribution in [3.8, 4) is 0 Å². The van der Waals surface area contributed by atoms with Crippen molar-refractivity contribution < 1.29 is 23.4 Å². The summed E-state index contributed by atoms with van der Waals surface area (Å²) in [6.45, 7) is 0.339. The van der Waals surface area contributed by atoms with Crippen LogP contribution in [0.3, 0.4) is 0 Å². The molecule has 2 unspecified atom stereocenters. The van der Waals surface area contributed by atoms with Gasteiger partial charge in [-0.05, 0) is 36.8 Å². The molecule has 0 spiro atoms. The minimum Gasteiger partial charge on any atom is -0.393 e. The maximum atomic E-state index is 13.6. The lowest BCUT2D eigenvalue weighted by molar-refractivity contribution is -0.277. The van der Waals surface area contributed by atoms with E-state index in [9.17, 15) is 23.4 Å². The zero-order chi connectivity index (χ0) is 19.7. The molecule has 2 aromatic carbocycles. The molecule has 27 heavy (non-hydrogen) atoms. The van der Waals surface area contributed by atoms with Crippen LogP contribution in [0, 0.1) is 6.92 Å². The van der Waals surface area contributed by atoms with Gasteiger partial charge in [0.15, 0.2) is 0 Å². The van der Waals surface area contributed by atoms with Crippen LogP contribution < -0.4 is 5.32 Å². The topological polar surface area (TPSA) is 65.4 Å². The van der Waals surface area contributed by atoms with Crippen molar-refractivity contribution in [2.75, 3.05) is 11.9 Å². The number of pyridine rings is 1. The Balaban J connectivity index is 2.13. The number of nitrogens with zero attached hydrogens (tertiary/aromatic N) is 1. The Morgan fingerprint density at radius 1 is 1.00 bits per heavy atom. The number of alkyl halides is 3. The Morgan fingerprint density at radius 3 is 2.33 bits per heavy atom. The summed E-state index contributed by atoms with van der Waals surface area (Å²) in [6, 6.07) is 14.7. The van der Waals surface area contributed by atoms with Crippen LogP contribution in [0.15, 0.2) is 60.7 Å². The van der Waals surface area contributed by atoms with Crippen molar-refractivity contribution in [2.24, 2.45) is 0 Å². The standard InChI is InChI=1S/C20H19F3N2O2/c1-13-10-11-15-16(24-13)8-5-9-17(15)25-18(14-6-3-2-4-7-14)19(27,12-26)20(21,22)23/h2-11,18,25-27H,12H2,1H3. The molecule has 0 aliphatic carbocycles. The van der Waals surface area contributed by atoms with Crippen LogP contribution in [0.4, 0.5) is 18.9 Å². The third kappa shape index (κ3) is 3.61. The van der Waals surface area contributed by atoms with Gasteiger partial charge in [0.2, 0.25) is 5.60 Å². The Morgan fingerprint density at radius 2 is 1.70 bits per heavy atom. The molecule has 1 heterocycles. The molecule has 0 saturated heterocycles. The van der Waals surface area contributed by atoms with Gasteiger partial charge in [-0.3, -0.25) is 4.98 Å². The van der Waals surface area contributed by atoms with Gasteiger partial charge in [-0.25, -0.2) is 0 Å². The van der Waals surface area contributed by atoms with E-state index in [4.69, 9.17) is 0 Å². The van der Waals surface area contributed by atoms with Crippen LogP contribution in [0.5, 0.6) is 0 Å². The van der Waals surface area contributed by atoms with Crippen molar-refractivity contribution in [3.63, 3.8) is 0 Å². The highest BCUT2D eigenvalue weighted by molar-refractivity contribution is 5.91. The second kappa shape index (κ2) is 7.17. The average Bonchev–Trinajstić information content (AvgIpc) is 2.65. The van der Waals surface area contributed by atoms with Gasteiger partial charge < -0.3 is 15.5 Å². The van der Waals surface area contributed by atoms with Crippen molar-refractivity contribution in [3.05, 3.63) is 71.9 Å². The van der Waals surface area contributed by atoms with E-state index in [1.165, 1.54) is 12.1 Å². The number of aliphatic hydroxyl groups is 2. The lowest BCUT2D eigenvalue weighted by Crippen LogP contribution is -2.55. The summed E-state index contributed by atoms with van der Waals surface area (Å²) in [5, 5.41) is 23.3. The molecule has 7 heteroatoms. The first-order valence-corrected chi connectivity index (χ1v) is 8.34. The maximum absolute atomic E-state index is 13.6. The first-order chi connectivity index (χ1) is 12.8. The fraction of sp³-hybridized carbons (Fsp3) is 0.250. The Bertz CT molecular complexity index is 931. The van der Waals surface area contributed by atoms with Gasteiger partial charge in [0.25, 0.3) is 0 Å². The summed E-state index contributed by atoms with van der Waals surface area (Å²) in [7, 11) is 0. The average molecular weight is 376 g/mol. The molecule has 0 saturated carbocycles. The van der Waals surface area contributed by atoms with Crippen LogP contribution in [0.25, 0.3) is 10.9 Å². The smallest absolute Gasteiger partial charge is 0.393 e. The fourth-order valence-electron chi connectivity index (χ4n) is 3.01. The molecule has 0 amide bonds. The third-order valence-electron chi connectivity index (χ3n) is 4.51. The summed E-state index contributed by atoms with van der Waals surface area (Å²) in [5.74, 6) is 0. The van der Waals surface area contributed by atoms with Crippen LogP contribution in [-0.2, 0) is 0 Å². The summed E-state index contributed by atoms with van der Waals surface area (Å²) in [6.07, 6.45) is -5.05. The number of aryl methyl sites for hydroxylation is 1. The largest absolute Gasteiger partial charge is 0.421 e. The molecule has 2 atom stereocenters. The molecule has 0 bridgehead atoms. The monoisotopic (exact) mass is 376 g/mol. The molecule has 4 nitrogen and oxygen atoms in total. The van der Waals surface area contributed by atoms with Crippen LogP contribution in [-0.4, -0.2) is 33.6 Å². The fourth-order valence-corrected chi connectivity index (χ4v) is 3.01. The maximum Gasteiger partial charge on any atom is 0.421 e. The number of hydrogen-bond donors (Lipinski definition) is 3. The van der Waals surface area contributed by atoms with Gasteiger partial charge >= 0.3 is 6.18 Å². The summed E-state index contributed by atoms with van der Waals surface area (Å²) < 4.78 is 40.9. The highest BCUT2D eigenvalue weighted by Crippen LogP contribution is 2.42. The Labute approximate surface area is 154 Å². The summed E-state index contributed by atoms with van der Waals surface area (Å²) in [4.78, 5) is 4.37. The van der Waals surface area contributed by atoms with E-state index >= 15 is 0 Å². The number of fused-ring (bicyclic) bond motifs is 1. The molecule has 3 aromatic rings. The quantitative estimate of drug-likeness (QED) is 0.630. The van der Waals surface area contributed by atoms with Gasteiger partial charge in [-0.15, -0.1) is 0 Å². The minimum absolute atomic E-state index is 0.198. The lowest BCUT2D eigenvalue weighted by Gasteiger charge is -2.37. The van der Waals surface area contributed by atoms with Crippen molar-refractivity contribution >= 4 is 16.6 Å². The van der Waals surface area contributed by atoms with E-state index in [1.54, 1.807) is 48.5 Å². The Kier molecular flexibility index (Phi) is 5.08. The zero-order valence-corrected chi connectivity index (χ0v) is 14.5. The highest BCUT2D eigenvalue weighted by atomic mass is 19.4. The SMILES string of the molecule is Cc1ccc2c(NC(c3ccccc3)C(O)(CO)C(F)(F)F)cccc2n1. The van der Waals surface area contributed by atoms with E-state index in [2.05, 4.69) is 10.3 Å². The number of halogens is 3. The molecule has 0 aliphatic rings. The molecular formula is C20H19F3N2O2. The molecule has 0 fully saturated rings.